The number of nitrogens with two attached hydrogens (primary N) is 1. The second-order valence-corrected chi connectivity index (χ2v) is 8.55. The number of nitrogens with one attached hydrogen (secondary N) is 1. The predicted octanol–water partition coefficient (Wildman–Crippen LogP) is 3.71. The molecule has 0 fully saturated rings. The van der Waals surface area contributed by atoms with Crippen molar-refractivity contribution in [2.75, 3.05) is 0 Å². The van der Waals surface area contributed by atoms with Crippen LogP contribution >= 0.6 is 11.6 Å². The minimum Gasteiger partial charge on any atom is -0.391 e. The minimum absolute atomic E-state index is 0.0295. The number of hydrogen-bond donors (Lipinski definition) is 3. The summed E-state index contributed by atoms with van der Waals surface area (Å²) in [7, 11) is 0. The lowest BCUT2D eigenvalue weighted by Crippen LogP contribution is -2.47. The highest BCUT2D eigenvalue weighted by atomic mass is 35.5. The molecular weight excluding hydrogens is 456 g/mol. The van der Waals surface area contributed by atoms with Crippen molar-refractivity contribution >= 4 is 34.6 Å². The molecule has 9 heteroatoms. The van der Waals surface area contributed by atoms with Gasteiger partial charge in [-0.3, -0.25) is 4.79 Å². The highest BCUT2D eigenvalue weighted by Crippen LogP contribution is 2.19. The number of hydrogen-bond acceptors (Lipinski definition) is 6. The van der Waals surface area contributed by atoms with E-state index in [1.165, 1.54) is 6.20 Å². The van der Waals surface area contributed by atoms with Gasteiger partial charge in [0.25, 0.3) is 0 Å². The van der Waals surface area contributed by atoms with Crippen LogP contribution in [0.15, 0.2) is 71.9 Å². The molecule has 3 atom stereocenters. The maximum Gasteiger partial charge on any atom is 0.414 e. The number of aliphatic hydroxyl groups is 1. The number of carbonyl (C=O) groups excluding carboxylic acids is 2. The zero-order valence-corrected chi connectivity index (χ0v) is 19.5. The maximum absolute atomic E-state index is 12.7. The Morgan fingerprint density at radius 1 is 1.15 bits per heavy atom. The van der Waals surface area contributed by atoms with Gasteiger partial charge in [0.15, 0.2) is 0 Å². The standard InChI is InChI=1S/C25H27ClN4O4/c1-16(26)11-12-18(24(27)32)14-22(31)21(13-17-7-3-2-4-8-17)30-25(33)34-23-15-28-19-9-5-6-10-20(19)29-23/h2-11,15,18,21-22,31H,12-14H2,1H3,(H2,27,32)(H,30,33)/t18-,21+,22+/m1/s1. The number of halogens is 1. The number of ether oxygens (including phenoxy) is 1. The van der Waals surface area contributed by atoms with Crippen molar-refractivity contribution in [1.82, 2.24) is 15.3 Å². The van der Waals surface area contributed by atoms with Crippen molar-refractivity contribution in [1.29, 1.82) is 0 Å². The van der Waals surface area contributed by atoms with Crippen molar-refractivity contribution in [3.05, 3.63) is 77.5 Å². The fourth-order valence-corrected chi connectivity index (χ4v) is 3.59. The second kappa shape index (κ2) is 12.1. The van der Waals surface area contributed by atoms with Crippen LogP contribution in [0.3, 0.4) is 0 Å². The summed E-state index contributed by atoms with van der Waals surface area (Å²) in [4.78, 5) is 33.1. The molecule has 0 aliphatic carbocycles. The Balaban J connectivity index is 1.73. The summed E-state index contributed by atoms with van der Waals surface area (Å²) in [5.41, 5.74) is 7.67. The van der Waals surface area contributed by atoms with Gasteiger partial charge in [0.1, 0.15) is 0 Å². The summed E-state index contributed by atoms with van der Waals surface area (Å²) in [6.07, 6.45) is 1.81. The van der Waals surface area contributed by atoms with Crippen LogP contribution in [0.25, 0.3) is 11.0 Å². The van der Waals surface area contributed by atoms with Gasteiger partial charge in [-0.1, -0.05) is 60.1 Å². The molecule has 3 rings (SSSR count). The molecule has 1 heterocycles. The van der Waals surface area contributed by atoms with Crippen molar-refractivity contribution < 1.29 is 19.4 Å². The zero-order chi connectivity index (χ0) is 24.5. The Morgan fingerprint density at radius 3 is 2.50 bits per heavy atom. The number of rotatable bonds is 10. The first kappa shape index (κ1) is 25.1. The quantitative estimate of drug-likeness (QED) is 0.404. The molecule has 0 bridgehead atoms. The lowest BCUT2D eigenvalue weighted by atomic mass is 9.91. The van der Waals surface area contributed by atoms with Gasteiger partial charge < -0.3 is 20.9 Å². The zero-order valence-electron chi connectivity index (χ0n) is 18.7. The molecule has 0 saturated heterocycles. The maximum atomic E-state index is 12.7. The molecule has 0 saturated carbocycles. The molecule has 0 aliphatic heterocycles. The van der Waals surface area contributed by atoms with E-state index in [4.69, 9.17) is 22.1 Å². The second-order valence-electron chi connectivity index (χ2n) is 7.96. The van der Waals surface area contributed by atoms with Crippen LogP contribution in [0.1, 0.15) is 25.3 Å². The number of aliphatic hydroxyl groups excluding tert-OH is 1. The van der Waals surface area contributed by atoms with Crippen molar-refractivity contribution in [2.24, 2.45) is 11.7 Å². The number of benzene rings is 2. The van der Waals surface area contributed by atoms with E-state index in [0.717, 1.165) is 5.56 Å². The molecular formula is C25H27ClN4O4. The molecule has 2 amide bonds. The topological polar surface area (TPSA) is 127 Å². The first-order valence-electron chi connectivity index (χ1n) is 10.9. The van der Waals surface area contributed by atoms with E-state index >= 15 is 0 Å². The Hall–Kier alpha value is -3.49. The summed E-state index contributed by atoms with van der Waals surface area (Å²) in [6, 6.07) is 15.8. The first-order chi connectivity index (χ1) is 16.3. The van der Waals surface area contributed by atoms with Gasteiger partial charge in [-0.2, -0.15) is 0 Å². The van der Waals surface area contributed by atoms with E-state index in [0.29, 0.717) is 22.5 Å². The number of carbonyl (C=O) groups is 2. The van der Waals surface area contributed by atoms with E-state index in [1.807, 2.05) is 42.5 Å². The molecule has 0 aliphatic rings. The molecule has 2 aromatic carbocycles. The SMILES string of the molecule is CC(Cl)=CC[C@H](C[C@H](O)[C@H](Cc1ccccc1)NC(=O)Oc1cnc2ccccc2n1)C(N)=O. The minimum atomic E-state index is -1.07. The lowest BCUT2D eigenvalue weighted by molar-refractivity contribution is -0.122. The van der Waals surface area contributed by atoms with Crippen LogP contribution in [0, 0.1) is 5.92 Å². The van der Waals surface area contributed by atoms with E-state index in [1.54, 1.807) is 25.1 Å². The smallest absolute Gasteiger partial charge is 0.391 e. The average molecular weight is 483 g/mol. The fourth-order valence-electron chi connectivity index (χ4n) is 3.51. The van der Waals surface area contributed by atoms with Crippen LogP contribution in [-0.4, -0.2) is 39.2 Å². The van der Waals surface area contributed by atoms with E-state index in [-0.39, 0.29) is 18.7 Å². The summed E-state index contributed by atoms with van der Waals surface area (Å²) in [5, 5.41) is 14.2. The van der Waals surface area contributed by atoms with E-state index in [9.17, 15) is 14.7 Å². The summed E-state index contributed by atoms with van der Waals surface area (Å²) < 4.78 is 5.32. The third-order valence-corrected chi connectivity index (χ3v) is 5.46. The van der Waals surface area contributed by atoms with Crippen LogP contribution in [0.2, 0.25) is 0 Å². The third kappa shape index (κ3) is 7.54. The Bertz CT molecular complexity index is 1150. The predicted molar refractivity (Wildman–Crippen MR) is 130 cm³/mol. The molecule has 4 N–H and O–H groups in total. The normalized spacial score (nSPS) is 14.3. The third-order valence-electron chi connectivity index (χ3n) is 5.30. The van der Waals surface area contributed by atoms with Gasteiger partial charge in [0.2, 0.25) is 11.8 Å². The van der Waals surface area contributed by atoms with Gasteiger partial charge >= 0.3 is 6.09 Å². The largest absolute Gasteiger partial charge is 0.414 e. The monoisotopic (exact) mass is 482 g/mol. The highest BCUT2D eigenvalue weighted by Gasteiger charge is 2.27. The number of para-hydroxylation sites is 2. The van der Waals surface area contributed by atoms with E-state index in [2.05, 4.69) is 15.3 Å². The van der Waals surface area contributed by atoms with Crippen LogP contribution < -0.4 is 15.8 Å². The van der Waals surface area contributed by atoms with Crippen molar-refractivity contribution in [3.63, 3.8) is 0 Å². The fraction of sp³-hybridized carbons (Fsp3) is 0.280. The summed E-state index contributed by atoms with van der Waals surface area (Å²) >= 11 is 5.88. The highest BCUT2D eigenvalue weighted by molar-refractivity contribution is 6.29. The molecule has 0 radical (unpaired) electrons. The van der Waals surface area contributed by atoms with Gasteiger partial charge in [-0.15, -0.1) is 0 Å². The first-order valence-corrected chi connectivity index (χ1v) is 11.2. The molecule has 3 aromatic rings. The number of fused-ring (bicyclic) bond motifs is 1. The average Bonchev–Trinajstić information content (AvgIpc) is 2.81. The Labute approximate surface area is 202 Å². The van der Waals surface area contributed by atoms with Crippen LogP contribution in [0.5, 0.6) is 5.88 Å². The Morgan fingerprint density at radius 2 is 1.82 bits per heavy atom. The molecule has 0 unspecified atom stereocenters. The molecule has 0 spiro atoms. The number of amides is 2. The van der Waals surface area contributed by atoms with Gasteiger partial charge in [0.05, 0.1) is 29.4 Å². The summed E-state index contributed by atoms with van der Waals surface area (Å²) in [6.45, 7) is 1.70. The Kier molecular flexibility index (Phi) is 8.95. The molecule has 1 aromatic heterocycles. The van der Waals surface area contributed by atoms with Gasteiger partial charge in [0, 0.05) is 11.0 Å². The van der Waals surface area contributed by atoms with Crippen LogP contribution in [0.4, 0.5) is 4.79 Å². The number of allylic oxidation sites excluding steroid dienone is 2. The molecule has 178 valence electrons. The number of aromatic nitrogens is 2. The molecule has 34 heavy (non-hydrogen) atoms. The number of primary amides is 1. The van der Waals surface area contributed by atoms with Crippen LogP contribution in [-0.2, 0) is 11.2 Å². The van der Waals surface area contributed by atoms with Crippen molar-refractivity contribution in [3.8, 4) is 5.88 Å². The van der Waals surface area contributed by atoms with E-state index < -0.39 is 30.1 Å². The van der Waals surface area contributed by atoms with Gasteiger partial charge in [-0.25, -0.2) is 14.8 Å². The lowest BCUT2D eigenvalue weighted by Gasteiger charge is -2.26. The summed E-state index contributed by atoms with van der Waals surface area (Å²) in [5.74, 6) is -1.17. The van der Waals surface area contributed by atoms with Gasteiger partial charge in [-0.05, 0) is 43.9 Å². The number of nitrogens with zero attached hydrogens (tertiary/aromatic N) is 2. The van der Waals surface area contributed by atoms with Crippen molar-refractivity contribution in [2.45, 2.75) is 38.3 Å². The molecule has 8 nitrogen and oxygen atoms in total.